The third-order valence-corrected chi connectivity index (χ3v) is 17.1. The van der Waals surface area contributed by atoms with Crippen molar-refractivity contribution in [3.8, 4) is 0 Å². The van der Waals surface area contributed by atoms with Gasteiger partial charge in [0.05, 0.1) is 40.3 Å². The second kappa shape index (κ2) is 76.9. The highest BCUT2D eigenvalue weighted by Gasteiger charge is 2.22. The lowest BCUT2D eigenvalue weighted by atomic mass is 10.0. The number of carboxylic acids is 1. The summed E-state index contributed by atoms with van der Waals surface area (Å²) >= 11 is 0. The second-order valence-electron chi connectivity index (χ2n) is 27.6. The van der Waals surface area contributed by atoms with Gasteiger partial charge in [0, 0.05) is 12.8 Å². The number of likely N-dealkylation sites (N-methyl/N-ethyl adjacent to an activating group) is 1. The van der Waals surface area contributed by atoms with Crippen LogP contribution >= 0.6 is 0 Å². The minimum Gasteiger partial charge on any atom is -0.545 e. The summed E-state index contributed by atoms with van der Waals surface area (Å²) in [6.45, 7) is 4.55. The smallest absolute Gasteiger partial charge is 0.306 e. The molecule has 2 atom stereocenters. The summed E-state index contributed by atoms with van der Waals surface area (Å²) in [6, 6.07) is 0. The first kappa shape index (κ1) is 92.2. The maximum absolute atomic E-state index is 13.0. The van der Waals surface area contributed by atoms with Crippen molar-refractivity contribution in [2.24, 2.45) is 0 Å². The maximum atomic E-state index is 13.0. The molecule has 9 heteroatoms. The van der Waals surface area contributed by atoms with E-state index < -0.39 is 24.3 Å². The topological polar surface area (TPSA) is 111 Å². The van der Waals surface area contributed by atoms with Crippen LogP contribution in [0.4, 0.5) is 0 Å². The van der Waals surface area contributed by atoms with Gasteiger partial charge in [0.1, 0.15) is 13.2 Å². The molecule has 0 spiro atoms. The average molecular weight is 1350 g/mol. The van der Waals surface area contributed by atoms with Crippen LogP contribution in [-0.4, -0.2) is 82.3 Å². The third kappa shape index (κ3) is 78.4. The Labute approximate surface area is 598 Å². The predicted molar refractivity (Wildman–Crippen MR) is 416 cm³/mol. The summed E-state index contributed by atoms with van der Waals surface area (Å²) in [7, 11) is 5.94. The van der Waals surface area contributed by atoms with Crippen molar-refractivity contribution in [2.75, 3.05) is 47.5 Å². The molecule has 0 N–H and O–H groups in total. The number of carbonyl (C=O) groups is 3. The number of hydrogen-bond donors (Lipinski definition) is 0. The highest BCUT2D eigenvalue weighted by Crippen LogP contribution is 2.18. The van der Waals surface area contributed by atoms with Gasteiger partial charge in [-0.15, -0.1) is 0 Å². The van der Waals surface area contributed by atoms with E-state index in [1.807, 2.05) is 21.1 Å². The minimum atomic E-state index is -1.63. The molecule has 97 heavy (non-hydrogen) atoms. The van der Waals surface area contributed by atoms with E-state index in [1.165, 1.54) is 186 Å². The molecular formula is C88H149NO8. The number of esters is 2. The fourth-order valence-electron chi connectivity index (χ4n) is 11.1. The zero-order valence-electron chi connectivity index (χ0n) is 63.4. The van der Waals surface area contributed by atoms with Crippen molar-refractivity contribution >= 4 is 17.9 Å². The van der Waals surface area contributed by atoms with Crippen LogP contribution in [0.15, 0.2) is 146 Å². The van der Waals surface area contributed by atoms with Crippen molar-refractivity contribution in [3.63, 3.8) is 0 Å². The Balaban J connectivity index is 4.03. The van der Waals surface area contributed by atoms with Crippen LogP contribution in [0.25, 0.3) is 0 Å². The van der Waals surface area contributed by atoms with E-state index in [2.05, 4.69) is 160 Å². The standard InChI is InChI=1S/C88H149NO8/c1-6-8-10-12-14-16-18-20-22-24-26-28-30-32-34-36-38-39-40-41-42-43-44-45-46-47-49-51-53-55-57-59-61-63-65-67-69-71-73-75-77-79-86(91)97-84(83-96-88(87(92)93)94-81-80-89(3,4)5)82-95-85(90)78-76-74-72-70-68-66-64-62-60-58-56-54-52-50-48-37-35-33-31-29-27-25-23-21-19-17-15-13-11-9-7-2/h8-11,14-17,20-23,26-29,32,34,38-39,41-42,44-45,84,88H,6-7,12-13,18-19,24-25,30-31,33,35-37,40,43,46-83H2,1-5H3/b10-8-,11-9-,16-14-,17-15-,22-20-,23-21-,28-26-,29-27-,34-32-,39-38-,42-41-,45-44-. The Morgan fingerprint density at radius 1 is 0.309 bits per heavy atom. The van der Waals surface area contributed by atoms with Gasteiger partial charge in [-0.2, -0.15) is 0 Å². The Morgan fingerprint density at radius 2 is 0.557 bits per heavy atom. The molecule has 9 nitrogen and oxygen atoms in total. The molecule has 0 aliphatic heterocycles. The molecule has 554 valence electrons. The summed E-state index contributed by atoms with van der Waals surface area (Å²) in [4.78, 5) is 37.6. The van der Waals surface area contributed by atoms with Crippen LogP contribution in [-0.2, 0) is 33.3 Å². The highest BCUT2D eigenvalue weighted by molar-refractivity contribution is 5.70. The molecule has 0 aromatic heterocycles. The molecule has 2 unspecified atom stereocenters. The van der Waals surface area contributed by atoms with Gasteiger partial charge in [-0.1, -0.05) is 352 Å². The van der Waals surface area contributed by atoms with Gasteiger partial charge in [-0.3, -0.25) is 9.59 Å². The second-order valence-corrected chi connectivity index (χ2v) is 27.6. The Hall–Kier alpha value is -4.83. The lowest BCUT2D eigenvalue weighted by Crippen LogP contribution is -2.44. The van der Waals surface area contributed by atoms with Gasteiger partial charge in [0.25, 0.3) is 0 Å². The quantitative estimate of drug-likeness (QED) is 0.0195. The lowest BCUT2D eigenvalue weighted by molar-refractivity contribution is -0.870. The van der Waals surface area contributed by atoms with E-state index in [9.17, 15) is 19.5 Å². The van der Waals surface area contributed by atoms with Gasteiger partial charge >= 0.3 is 11.9 Å². The predicted octanol–water partition coefficient (Wildman–Crippen LogP) is 24.5. The molecule has 0 radical (unpaired) electrons. The molecule has 0 rings (SSSR count). The first-order chi connectivity index (χ1) is 47.6. The van der Waals surface area contributed by atoms with Crippen LogP contribution in [0.2, 0.25) is 0 Å². The molecule has 0 aliphatic rings. The molecule has 0 heterocycles. The van der Waals surface area contributed by atoms with E-state index in [-0.39, 0.29) is 38.6 Å². The summed E-state index contributed by atoms with van der Waals surface area (Å²) in [6.07, 6.45) is 110. The average Bonchev–Trinajstić information content (AvgIpc) is 3.27. The van der Waals surface area contributed by atoms with E-state index in [0.717, 1.165) is 116 Å². The first-order valence-electron chi connectivity index (χ1n) is 40.0. The fourth-order valence-corrected chi connectivity index (χ4v) is 11.1. The number of quaternary nitrogens is 1. The number of allylic oxidation sites excluding steroid dienone is 24. The number of carboxylic acid groups (broad SMARTS) is 1. The molecule has 0 bridgehead atoms. The summed E-state index contributed by atoms with van der Waals surface area (Å²) in [5.41, 5.74) is 0. The van der Waals surface area contributed by atoms with Crippen LogP contribution in [0.5, 0.6) is 0 Å². The Bertz CT molecular complexity index is 2110. The first-order valence-corrected chi connectivity index (χ1v) is 40.0. The third-order valence-electron chi connectivity index (χ3n) is 17.1. The van der Waals surface area contributed by atoms with Crippen LogP contribution in [0, 0.1) is 0 Å². The fraction of sp³-hybridized carbons (Fsp3) is 0.693. The summed E-state index contributed by atoms with van der Waals surface area (Å²) in [5.74, 6) is -2.27. The summed E-state index contributed by atoms with van der Waals surface area (Å²) < 4.78 is 22.9. The molecular weight excluding hydrogens is 1200 g/mol. The minimum absolute atomic E-state index is 0.144. The van der Waals surface area contributed by atoms with Gasteiger partial charge < -0.3 is 33.3 Å². The van der Waals surface area contributed by atoms with Gasteiger partial charge in [-0.25, -0.2) is 0 Å². The maximum Gasteiger partial charge on any atom is 0.306 e. The Morgan fingerprint density at radius 3 is 0.825 bits per heavy atom. The molecule has 0 aromatic rings. The van der Waals surface area contributed by atoms with E-state index >= 15 is 0 Å². The van der Waals surface area contributed by atoms with Crippen molar-refractivity contribution in [3.05, 3.63) is 146 Å². The monoisotopic (exact) mass is 1350 g/mol. The van der Waals surface area contributed by atoms with Crippen LogP contribution in [0.3, 0.4) is 0 Å². The lowest BCUT2D eigenvalue weighted by Gasteiger charge is -2.26. The van der Waals surface area contributed by atoms with Gasteiger partial charge in [0.15, 0.2) is 12.4 Å². The number of unbranched alkanes of at least 4 members (excludes halogenated alkanes) is 34. The number of nitrogens with zero attached hydrogens (tertiary/aromatic N) is 1. The zero-order chi connectivity index (χ0) is 70.4. The van der Waals surface area contributed by atoms with Crippen molar-refractivity contribution in [1.29, 1.82) is 0 Å². The number of aliphatic carboxylic acids is 1. The largest absolute Gasteiger partial charge is 0.545 e. The Kier molecular flexibility index (Phi) is 73.1. The molecule has 0 aliphatic carbocycles. The number of rotatable bonds is 73. The van der Waals surface area contributed by atoms with Gasteiger partial charge in [-0.05, 0) is 116 Å². The summed E-state index contributed by atoms with van der Waals surface area (Å²) in [5, 5.41) is 11.9. The van der Waals surface area contributed by atoms with Crippen molar-refractivity contribution in [2.45, 2.75) is 347 Å². The van der Waals surface area contributed by atoms with Gasteiger partial charge in [0.2, 0.25) is 0 Å². The van der Waals surface area contributed by atoms with Crippen molar-refractivity contribution < 1.29 is 42.9 Å². The van der Waals surface area contributed by atoms with E-state index in [4.69, 9.17) is 18.9 Å². The normalized spacial score (nSPS) is 13.5. The molecule has 0 aromatic carbocycles. The van der Waals surface area contributed by atoms with Crippen LogP contribution in [0.1, 0.15) is 335 Å². The van der Waals surface area contributed by atoms with Crippen LogP contribution < -0.4 is 5.11 Å². The molecule has 0 amide bonds. The van der Waals surface area contributed by atoms with E-state index in [0.29, 0.717) is 17.4 Å². The van der Waals surface area contributed by atoms with E-state index in [1.54, 1.807) is 0 Å². The molecule has 0 fully saturated rings. The SMILES string of the molecule is CC/C=C\C/C=C\C/C=C\C/C=C\C/C=C\C/C=C\C/C=C\C/C=C\CCCCCCCCCCCCCCCCCCC(=O)OC(COC(=O)CCCCCCCCCCCCCCCCCCCC/C=C\C/C=C\C/C=C\C/C=C\CC)COC(OCC[N+](C)(C)C)C(=O)[O-]. The number of carbonyl (C=O) groups excluding carboxylic acids is 3. The molecule has 0 saturated carbocycles. The highest BCUT2D eigenvalue weighted by atomic mass is 16.7. The molecule has 0 saturated heterocycles. The zero-order valence-corrected chi connectivity index (χ0v) is 63.4. The number of hydrogen-bond acceptors (Lipinski definition) is 8. The van der Waals surface area contributed by atoms with Crippen molar-refractivity contribution in [1.82, 2.24) is 0 Å². The number of ether oxygens (including phenoxy) is 4.